The molecule has 0 aliphatic carbocycles. The summed E-state index contributed by atoms with van der Waals surface area (Å²) in [6, 6.07) is 16.1. The van der Waals surface area contributed by atoms with Crippen molar-refractivity contribution in [2.75, 3.05) is 21.3 Å². The molecule has 5 aromatic rings. The molecule has 0 atom stereocenters. The van der Waals surface area contributed by atoms with Crippen LogP contribution in [-0.4, -0.2) is 21.3 Å². The second-order valence-corrected chi connectivity index (χ2v) is 6.80. The second-order valence-electron chi connectivity index (χ2n) is 6.80. The van der Waals surface area contributed by atoms with E-state index in [9.17, 15) is 4.79 Å². The van der Waals surface area contributed by atoms with Crippen molar-refractivity contribution in [2.24, 2.45) is 0 Å². The van der Waals surface area contributed by atoms with Gasteiger partial charge in [-0.3, -0.25) is 4.79 Å². The van der Waals surface area contributed by atoms with Crippen LogP contribution >= 0.6 is 0 Å². The quantitative estimate of drug-likeness (QED) is 0.376. The number of rotatable bonds is 4. The van der Waals surface area contributed by atoms with Crippen molar-refractivity contribution in [1.29, 1.82) is 0 Å². The Balaban J connectivity index is 1.91. The van der Waals surface area contributed by atoms with Gasteiger partial charge in [-0.25, -0.2) is 0 Å². The first kappa shape index (κ1) is 18.1. The van der Waals surface area contributed by atoms with Crippen LogP contribution in [0, 0.1) is 0 Å². The van der Waals surface area contributed by atoms with Gasteiger partial charge in [0.15, 0.2) is 22.5 Å². The Labute approximate surface area is 171 Å². The number of hydrogen-bond donors (Lipinski definition) is 0. The second kappa shape index (κ2) is 6.84. The van der Waals surface area contributed by atoms with Gasteiger partial charge >= 0.3 is 0 Å². The average Bonchev–Trinajstić information content (AvgIpc) is 3.22. The van der Waals surface area contributed by atoms with Gasteiger partial charge in [0.25, 0.3) is 0 Å². The number of benzene rings is 3. The molecule has 2 aromatic heterocycles. The van der Waals surface area contributed by atoms with E-state index in [2.05, 4.69) is 0 Å². The first-order chi connectivity index (χ1) is 14.6. The van der Waals surface area contributed by atoms with Gasteiger partial charge < -0.3 is 23.0 Å². The summed E-state index contributed by atoms with van der Waals surface area (Å²) in [4.78, 5) is 13.0. The van der Waals surface area contributed by atoms with E-state index in [4.69, 9.17) is 23.0 Å². The van der Waals surface area contributed by atoms with Crippen molar-refractivity contribution in [3.8, 4) is 28.8 Å². The Hall–Kier alpha value is -3.93. The van der Waals surface area contributed by atoms with Crippen LogP contribution in [0.2, 0.25) is 0 Å². The zero-order valence-corrected chi connectivity index (χ0v) is 16.6. The lowest BCUT2D eigenvalue weighted by atomic mass is 10.0. The average molecular weight is 402 g/mol. The van der Waals surface area contributed by atoms with Crippen molar-refractivity contribution in [2.45, 2.75) is 0 Å². The monoisotopic (exact) mass is 402 g/mol. The molecule has 30 heavy (non-hydrogen) atoms. The van der Waals surface area contributed by atoms with Gasteiger partial charge in [-0.1, -0.05) is 18.2 Å². The zero-order chi connectivity index (χ0) is 20.8. The summed E-state index contributed by atoms with van der Waals surface area (Å²) in [5.41, 5.74) is 0.885. The molecule has 6 nitrogen and oxygen atoms in total. The Morgan fingerprint density at radius 3 is 2.07 bits per heavy atom. The fraction of sp³-hybridized carbons (Fsp3) is 0.125. The summed E-state index contributed by atoms with van der Waals surface area (Å²) in [5.74, 6) is 2.43. The standard InChI is InChI=1S/C24H18O6/c1-26-17-8-9-18(27-2)23-22(17)21(28-3)11-14-15(25)12-20(30-24(14)23)19-10-13-6-4-5-7-16(13)29-19/h4-12H,1-3H3. The van der Waals surface area contributed by atoms with Crippen molar-refractivity contribution in [3.63, 3.8) is 0 Å². The summed E-state index contributed by atoms with van der Waals surface area (Å²) in [7, 11) is 4.68. The van der Waals surface area contributed by atoms with Crippen LogP contribution < -0.4 is 19.6 Å². The minimum Gasteiger partial charge on any atom is -0.496 e. The molecular weight excluding hydrogens is 384 g/mol. The Bertz CT molecular complexity index is 1440. The number of fused-ring (bicyclic) bond motifs is 4. The predicted octanol–water partition coefficient (Wildman–Crippen LogP) is 5.39. The van der Waals surface area contributed by atoms with Gasteiger partial charge in [0.1, 0.15) is 22.8 Å². The Morgan fingerprint density at radius 2 is 1.37 bits per heavy atom. The number of para-hydroxylation sites is 1. The van der Waals surface area contributed by atoms with Crippen LogP contribution in [0.25, 0.3) is 44.2 Å². The highest BCUT2D eigenvalue weighted by atomic mass is 16.5. The third-order valence-corrected chi connectivity index (χ3v) is 5.19. The fourth-order valence-corrected chi connectivity index (χ4v) is 3.79. The molecule has 0 bridgehead atoms. The Kier molecular flexibility index (Phi) is 4.13. The summed E-state index contributed by atoms with van der Waals surface area (Å²) in [5, 5.41) is 2.57. The molecule has 0 N–H and O–H groups in total. The van der Waals surface area contributed by atoms with Crippen LogP contribution in [0.5, 0.6) is 17.2 Å². The largest absolute Gasteiger partial charge is 0.496 e. The van der Waals surface area contributed by atoms with Crippen molar-refractivity contribution < 1.29 is 23.0 Å². The van der Waals surface area contributed by atoms with Gasteiger partial charge in [-0.05, 0) is 30.3 Å². The lowest BCUT2D eigenvalue weighted by molar-refractivity contribution is 0.400. The highest BCUT2D eigenvalue weighted by molar-refractivity contribution is 6.13. The van der Waals surface area contributed by atoms with Gasteiger partial charge in [-0.15, -0.1) is 0 Å². The summed E-state index contributed by atoms with van der Waals surface area (Å²) in [6.07, 6.45) is 0. The van der Waals surface area contributed by atoms with Crippen LogP contribution in [-0.2, 0) is 0 Å². The van der Waals surface area contributed by atoms with Crippen molar-refractivity contribution in [1.82, 2.24) is 0 Å². The fourth-order valence-electron chi connectivity index (χ4n) is 3.79. The third kappa shape index (κ3) is 2.61. The lowest BCUT2D eigenvalue weighted by Gasteiger charge is -2.15. The number of hydrogen-bond acceptors (Lipinski definition) is 6. The minimum absolute atomic E-state index is 0.211. The van der Waals surface area contributed by atoms with E-state index in [1.54, 1.807) is 39.5 Å². The molecule has 0 radical (unpaired) electrons. The molecule has 0 fully saturated rings. The van der Waals surface area contributed by atoms with E-state index < -0.39 is 0 Å². The summed E-state index contributed by atoms with van der Waals surface area (Å²) < 4.78 is 28.8. The smallest absolute Gasteiger partial charge is 0.193 e. The number of ether oxygens (including phenoxy) is 3. The van der Waals surface area contributed by atoms with E-state index in [0.717, 1.165) is 5.39 Å². The minimum atomic E-state index is -0.211. The highest BCUT2D eigenvalue weighted by Gasteiger charge is 2.21. The summed E-state index contributed by atoms with van der Waals surface area (Å²) in [6.45, 7) is 0. The topological polar surface area (TPSA) is 71.0 Å². The maximum atomic E-state index is 13.0. The Morgan fingerprint density at radius 1 is 0.700 bits per heavy atom. The predicted molar refractivity (Wildman–Crippen MR) is 115 cm³/mol. The molecule has 0 saturated carbocycles. The first-order valence-electron chi connectivity index (χ1n) is 9.33. The molecule has 5 rings (SSSR count). The molecule has 0 aliphatic heterocycles. The van der Waals surface area contributed by atoms with E-state index in [1.807, 2.05) is 30.3 Å². The maximum absolute atomic E-state index is 13.0. The molecule has 0 aliphatic rings. The van der Waals surface area contributed by atoms with Crippen LogP contribution in [0.3, 0.4) is 0 Å². The van der Waals surface area contributed by atoms with Crippen molar-refractivity contribution >= 4 is 32.7 Å². The summed E-state index contributed by atoms with van der Waals surface area (Å²) >= 11 is 0. The van der Waals surface area contributed by atoms with Gasteiger partial charge in [0.2, 0.25) is 0 Å². The van der Waals surface area contributed by atoms with Crippen LogP contribution in [0.1, 0.15) is 0 Å². The van der Waals surface area contributed by atoms with Crippen molar-refractivity contribution in [3.05, 3.63) is 64.8 Å². The molecule has 0 amide bonds. The third-order valence-electron chi connectivity index (χ3n) is 5.19. The van der Waals surface area contributed by atoms with E-state index in [-0.39, 0.29) is 5.43 Å². The van der Waals surface area contributed by atoms with Gasteiger partial charge in [0, 0.05) is 11.5 Å². The SMILES string of the molecule is COc1ccc(OC)c2c1c(OC)cc1c(=O)cc(-c3cc4ccccc4o3)oc12. The molecule has 2 heterocycles. The molecule has 150 valence electrons. The molecule has 0 spiro atoms. The van der Waals surface area contributed by atoms with E-state index >= 15 is 0 Å². The van der Waals surface area contributed by atoms with E-state index in [1.165, 1.54) is 6.07 Å². The lowest BCUT2D eigenvalue weighted by Crippen LogP contribution is -2.03. The van der Waals surface area contributed by atoms with Gasteiger partial charge in [-0.2, -0.15) is 0 Å². The van der Waals surface area contributed by atoms with Gasteiger partial charge in [0.05, 0.1) is 37.5 Å². The molecule has 6 heteroatoms. The normalized spacial score (nSPS) is 11.3. The molecule has 0 unspecified atom stereocenters. The zero-order valence-electron chi connectivity index (χ0n) is 16.6. The van der Waals surface area contributed by atoms with E-state index in [0.29, 0.717) is 56.1 Å². The molecule has 0 saturated heterocycles. The first-order valence-corrected chi connectivity index (χ1v) is 9.33. The van der Waals surface area contributed by atoms with Crippen LogP contribution in [0.4, 0.5) is 0 Å². The van der Waals surface area contributed by atoms with Crippen LogP contribution in [0.15, 0.2) is 68.2 Å². The molecule has 3 aromatic carbocycles. The maximum Gasteiger partial charge on any atom is 0.193 e. The molecular formula is C24H18O6. The highest BCUT2D eigenvalue weighted by Crippen LogP contribution is 2.44. The number of methoxy groups -OCH3 is 3. The number of furan rings is 1.